The second-order valence-corrected chi connectivity index (χ2v) is 6.08. The molecule has 0 aliphatic heterocycles. The lowest BCUT2D eigenvalue weighted by atomic mass is 10.1. The fraction of sp³-hybridized carbons (Fsp3) is 0.316. The lowest BCUT2D eigenvalue weighted by Gasteiger charge is -2.21. The highest BCUT2D eigenvalue weighted by Crippen LogP contribution is 2.20. The molecule has 0 aliphatic rings. The number of rotatable bonds is 8. The summed E-state index contributed by atoms with van der Waals surface area (Å²) in [6, 6.07) is 11.2. The average molecular weight is 374 g/mol. The number of likely N-dealkylation sites (N-methyl/N-ethyl adjacent to an activating group) is 1. The van der Waals surface area contributed by atoms with Crippen molar-refractivity contribution in [2.75, 3.05) is 27.3 Å². The van der Waals surface area contributed by atoms with Crippen molar-refractivity contribution in [3.63, 3.8) is 0 Å². The number of nitro groups is 1. The van der Waals surface area contributed by atoms with Crippen LogP contribution in [0, 0.1) is 17.0 Å². The summed E-state index contributed by atoms with van der Waals surface area (Å²) in [6.07, 6.45) is -0.915. The minimum Gasteiger partial charge on any atom is -0.497 e. The first-order chi connectivity index (χ1) is 12.8. The third kappa shape index (κ3) is 5.42. The Morgan fingerprint density at radius 2 is 1.85 bits per heavy atom. The molecule has 0 saturated carbocycles. The molecule has 0 radical (unpaired) electrons. The van der Waals surface area contributed by atoms with Gasteiger partial charge in [0.1, 0.15) is 24.2 Å². The maximum absolute atomic E-state index is 12.4. The van der Waals surface area contributed by atoms with Gasteiger partial charge in [-0.25, -0.2) is 0 Å². The van der Waals surface area contributed by atoms with Gasteiger partial charge in [-0.1, -0.05) is 6.07 Å². The smallest absolute Gasteiger partial charge is 0.273 e. The van der Waals surface area contributed by atoms with E-state index < -0.39 is 16.9 Å². The van der Waals surface area contributed by atoms with Crippen LogP contribution in [0.25, 0.3) is 0 Å². The van der Waals surface area contributed by atoms with E-state index >= 15 is 0 Å². The largest absolute Gasteiger partial charge is 0.497 e. The van der Waals surface area contributed by atoms with Crippen LogP contribution in [0.2, 0.25) is 0 Å². The van der Waals surface area contributed by atoms with Crippen molar-refractivity contribution in [2.24, 2.45) is 0 Å². The Labute approximate surface area is 157 Å². The van der Waals surface area contributed by atoms with Gasteiger partial charge in [0, 0.05) is 30.8 Å². The molecule has 0 saturated heterocycles. The summed E-state index contributed by atoms with van der Waals surface area (Å²) in [6.45, 7) is 1.63. The van der Waals surface area contributed by atoms with Crippen LogP contribution in [0.3, 0.4) is 0 Å². The number of aliphatic hydroxyl groups excluding tert-OH is 1. The molecule has 0 spiro atoms. The number of hydrogen-bond donors (Lipinski definition) is 1. The Morgan fingerprint density at radius 3 is 2.44 bits per heavy atom. The average Bonchev–Trinajstić information content (AvgIpc) is 2.66. The van der Waals surface area contributed by atoms with Gasteiger partial charge in [-0.05, 0) is 37.3 Å². The first-order valence-corrected chi connectivity index (χ1v) is 8.27. The minimum atomic E-state index is -0.915. The van der Waals surface area contributed by atoms with Crippen molar-refractivity contribution in [2.45, 2.75) is 13.0 Å². The van der Waals surface area contributed by atoms with Gasteiger partial charge in [0.2, 0.25) is 0 Å². The zero-order valence-electron chi connectivity index (χ0n) is 15.4. The van der Waals surface area contributed by atoms with Crippen molar-refractivity contribution in [1.29, 1.82) is 0 Å². The van der Waals surface area contributed by atoms with Crippen molar-refractivity contribution in [3.05, 3.63) is 63.7 Å². The Hall–Kier alpha value is -3.13. The van der Waals surface area contributed by atoms with Crippen LogP contribution in [0.15, 0.2) is 42.5 Å². The van der Waals surface area contributed by atoms with Crippen LogP contribution < -0.4 is 9.47 Å². The zero-order valence-corrected chi connectivity index (χ0v) is 15.4. The zero-order chi connectivity index (χ0) is 20.0. The number of nitro benzene ring substituents is 1. The molecule has 2 aromatic rings. The molecule has 1 amide bonds. The summed E-state index contributed by atoms with van der Waals surface area (Å²) in [4.78, 5) is 24.2. The Morgan fingerprint density at radius 1 is 1.22 bits per heavy atom. The van der Waals surface area contributed by atoms with E-state index in [0.29, 0.717) is 17.1 Å². The van der Waals surface area contributed by atoms with Crippen LogP contribution in [0.4, 0.5) is 5.69 Å². The summed E-state index contributed by atoms with van der Waals surface area (Å²) >= 11 is 0. The Bertz CT molecular complexity index is 806. The SMILES string of the molecule is COc1ccc(OCC(O)CN(C)C(=O)c2ccc(C)c([N+](=O)[O-])c2)cc1. The van der Waals surface area contributed by atoms with Crippen LogP contribution >= 0.6 is 0 Å². The molecule has 0 aliphatic carbocycles. The molecule has 1 N–H and O–H groups in total. The molecule has 27 heavy (non-hydrogen) atoms. The first kappa shape index (κ1) is 20.2. The quantitative estimate of drug-likeness (QED) is 0.562. The maximum Gasteiger partial charge on any atom is 0.273 e. The van der Waals surface area contributed by atoms with Crippen molar-refractivity contribution < 1.29 is 24.3 Å². The van der Waals surface area contributed by atoms with Gasteiger partial charge in [-0.15, -0.1) is 0 Å². The number of methoxy groups -OCH3 is 1. The highest BCUT2D eigenvalue weighted by atomic mass is 16.6. The van der Waals surface area contributed by atoms with E-state index in [1.165, 1.54) is 30.1 Å². The number of ether oxygens (including phenoxy) is 2. The second-order valence-electron chi connectivity index (χ2n) is 6.08. The lowest BCUT2D eigenvalue weighted by molar-refractivity contribution is -0.385. The van der Waals surface area contributed by atoms with E-state index in [1.54, 1.807) is 38.3 Å². The van der Waals surface area contributed by atoms with Crippen LogP contribution in [-0.2, 0) is 0 Å². The normalized spacial score (nSPS) is 11.6. The molecule has 8 heteroatoms. The maximum atomic E-state index is 12.4. The van der Waals surface area contributed by atoms with Gasteiger partial charge >= 0.3 is 0 Å². The number of aryl methyl sites for hydroxylation is 1. The molecular weight excluding hydrogens is 352 g/mol. The first-order valence-electron chi connectivity index (χ1n) is 8.27. The highest BCUT2D eigenvalue weighted by Gasteiger charge is 2.19. The number of nitrogens with zero attached hydrogens (tertiary/aromatic N) is 2. The van der Waals surface area contributed by atoms with Gasteiger partial charge in [0.05, 0.1) is 12.0 Å². The van der Waals surface area contributed by atoms with Crippen molar-refractivity contribution >= 4 is 11.6 Å². The van der Waals surface area contributed by atoms with Crippen LogP contribution in [0.1, 0.15) is 15.9 Å². The summed E-state index contributed by atoms with van der Waals surface area (Å²) in [7, 11) is 3.08. The van der Waals surface area contributed by atoms with E-state index in [1.807, 2.05) is 0 Å². The molecule has 0 bridgehead atoms. The summed E-state index contributed by atoms with van der Waals surface area (Å²) < 4.78 is 10.5. The van der Waals surface area contributed by atoms with E-state index in [0.717, 1.165) is 0 Å². The highest BCUT2D eigenvalue weighted by molar-refractivity contribution is 5.94. The van der Waals surface area contributed by atoms with Crippen molar-refractivity contribution in [3.8, 4) is 11.5 Å². The summed E-state index contributed by atoms with van der Waals surface area (Å²) in [5.41, 5.74) is 0.558. The van der Waals surface area contributed by atoms with Gasteiger partial charge in [-0.3, -0.25) is 14.9 Å². The van der Waals surface area contributed by atoms with Gasteiger partial charge in [0.25, 0.3) is 11.6 Å². The molecule has 8 nitrogen and oxygen atoms in total. The molecule has 2 aromatic carbocycles. The topological polar surface area (TPSA) is 102 Å². The molecular formula is C19H22N2O6. The standard InChI is InChI=1S/C19H22N2O6/c1-13-4-5-14(10-18(13)21(24)25)19(23)20(2)11-15(22)12-27-17-8-6-16(26-3)7-9-17/h4-10,15,22H,11-12H2,1-3H3. The molecule has 1 unspecified atom stereocenters. The number of benzene rings is 2. The number of hydrogen-bond acceptors (Lipinski definition) is 6. The minimum absolute atomic E-state index is 0.00199. The predicted octanol–water partition coefficient (Wildman–Crippen LogP) is 2.42. The molecule has 0 heterocycles. The van der Waals surface area contributed by atoms with Gasteiger partial charge in [-0.2, -0.15) is 0 Å². The van der Waals surface area contributed by atoms with E-state index in [-0.39, 0.29) is 24.4 Å². The van der Waals surface area contributed by atoms with E-state index in [2.05, 4.69) is 0 Å². The fourth-order valence-electron chi connectivity index (χ4n) is 2.48. The number of aliphatic hydroxyl groups is 1. The summed E-state index contributed by atoms with van der Waals surface area (Å²) in [5.74, 6) is 0.847. The van der Waals surface area contributed by atoms with Crippen LogP contribution in [-0.4, -0.2) is 54.3 Å². The van der Waals surface area contributed by atoms with Crippen LogP contribution in [0.5, 0.6) is 11.5 Å². The third-order valence-electron chi connectivity index (χ3n) is 3.99. The van der Waals surface area contributed by atoms with Gasteiger partial charge < -0.3 is 19.5 Å². The van der Waals surface area contributed by atoms with Gasteiger partial charge in [0.15, 0.2) is 0 Å². The van der Waals surface area contributed by atoms with E-state index in [9.17, 15) is 20.0 Å². The number of amides is 1. The number of carbonyl (C=O) groups is 1. The second kappa shape index (κ2) is 9.00. The Kier molecular flexibility index (Phi) is 6.73. The number of carbonyl (C=O) groups excluding carboxylic acids is 1. The monoisotopic (exact) mass is 374 g/mol. The fourth-order valence-corrected chi connectivity index (χ4v) is 2.48. The molecule has 1 atom stereocenters. The predicted molar refractivity (Wildman–Crippen MR) is 99.3 cm³/mol. The molecule has 2 rings (SSSR count). The Balaban J connectivity index is 1.93. The molecule has 0 aromatic heterocycles. The van der Waals surface area contributed by atoms with Crippen molar-refractivity contribution in [1.82, 2.24) is 4.90 Å². The molecule has 0 fully saturated rings. The summed E-state index contributed by atoms with van der Waals surface area (Å²) in [5, 5.41) is 21.1. The van der Waals surface area contributed by atoms with E-state index in [4.69, 9.17) is 9.47 Å². The molecule has 144 valence electrons. The third-order valence-corrected chi connectivity index (χ3v) is 3.99. The lowest BCUT2D eigenvalue weighted by Crippen LogP contribution is -2.37.